The Hall–Kier alpha value is -2.28. The maximum atomic E-state index is 12.5. The lowest BCUT2D eigenvalue weighted by Crippen LogP contribution is -2.41. The highest BCUT2D eigenvalue weighted by Gasteiger charge is 2.25. The summed E-state index contributed by atoms with van der Waals surface area (Å²) >= 11 is 0. The molecule has 1 saturated carbocycles. The van der Waals surface area contributed by atoms with E-state index in [9.17, 15) is 14.7 Å². The van der Waals surface area contributed by atoms with E-state index in [0.29, 0.717) is 44.4 Å². The summed E-state index contributed by atoms with van der Waals surface area (Å²) < 4.78 is 16.6. The first-order valence-electron chi connectivity index (χ1n) is 10.9. The number of carboxylic acids is 1. The summed E-state index contributed by atoms with van der Waals surface area (Å²) in [7, 11) is 0. The molecule has 0 aliphatic heterocycles. The van der Waals surface area contributed by atoms with Crippen molar-refractivity contribution in [3.05, 3.63) is 29.8 Å². The van der Waals surface area contributed by atoms with Crippen molar-refractivity contribution in [3.63, 3.8) is 0 Å². The molecule has 0 spiro atoms. The average molecular weight is 422 g/mol. The van der Waals surface area contributed by atoms with E-state index < -0.39 is 12.1 Å². The molecule has 7 heteroatoms. The SMILES string of the molecule is CCOC(Cc1ccc(OCCN(CC2CCC2)C(=O)OC(C)CC)cc1)C(=O)O. The highest BCUT2D eigenvalue weighted by atomic mass is 16.6. The molecule has 168 valence electrons. The summed E-state index contributed by atoms with van der Waals surface area (Å²) in [4.78, 5) is 25.4. The molecule has 1 amide bonds. The van der Waals surface area contributed by atoms with Crippen LogP contribution < -0.4 is 4.74 Å². The number of hydrogen-bond acceptors (Lipinski definition) is 5. The van der Waals surface area contributed by atoms with Gasteiger partial charge in [0.25, 0.3) is 0 Å². The predicted octanol–water partition coefficient (Wildman–Crippen LogP) is 4.13. The fraction of sp³-hybridized carbons (Fsp3) is 0.652. The Bertz CT molecular complexity index is 658. The van der Waals surface area contributed by atoms with Gasteiger partial charge in [0.15, 0.2) is 6.10 Å². The van der Waals surface area contributed by atoms with Crippen molar-refractivity contribution in [2.24, 2.45) is 5.92 Å². The summed E-state index contributed by atoms with van der Waals surface area (Å²) in [6.07, 6.45) is 3.43. The summed E-state index contributed by atoms with van der Waals surface area (Å²) in [5.41, 5.74) is 0.868. The van der Waals surface area contributed by atoms with E-state index in [1.54, 1.807) is 11.8 Å². The topological polar surface area (TPSA) is 85.3 Å². The molecule has 1 aromatic carbocycles. The largest absolute Gasteiger partial charge is 0.492 e. The van der Waals surface area contributed by atoms with E-state index in [4.69, 9.17) is 14.2 Å². The second-order valence-electron chi connectivity index (χ2n) is 7.82. The molecule has 7 nitrogen and oxygen atoms in total. The van der Waals surface area contributed by atoms with Crippen LogP contribution in [0.25, 0.3) is 0 Å². The molecule has 1 aliphatic carbocycles. The van der Waals surface area contributed by atoms with Gasteiger partial charge in [0.05, 0.1) is 6.54 Å². The lowest BCUT2D eigenvalue weighted by Gasteiger charge is -2.32. The van der Waals surface area contributed by atoms with E-state index >= 15 is 0 Å². The molecule has 2 rings (SSSR count). The van der Waals surface area contributed by atoms with Gasteiger partial charge in [-0.2, -0.15) is 0 Å². The third kappa shape index (κ3) is 7.86. The maximum absolute atomic E-state index is 12.5. The third-order valence-electron chi connectivity index (χ3n) is 5.46. The normalized spacial score (nSPS) is 15.7. The van der Waals surface area contributed by atoms with Gasteiger partial charge < -0.3 is 24.2 Å². The summed E-state index contributed by atoms with van der Waals surface area (Å²) in [6.45, 7) is 7.59. The highest BCUT2D eigenvalue weighted by Crippen LogP contribution is 2.27. The van der Waals surface area contributed by atoms with Crippen LogP contribution in [0, 0.1) is 5.92 Å². The smallest absolute Gasteiger partial charge is 0.410 e. The molecular weight excluding hydrogens is 386 g/mol. The van der Waals surface area contributed by atoms with Crippen LogP contribution in [0.5, 0.6) is 5.75 Å². The zero-order chi connectivity index (χ0) is 21.9. The van der Waals surface area contributed by atoms with E-state index in [1.165, 1.54) is 6.42 Å². The van der Waals surface area contributed by atoms with Crippen LogP contribution in [-0.4, -0.2) is 60.6 Å². The van der Waals surface area contributed by atoms with E-state index in [0.717, 1.165) is 24.8 Å². The molecule has 0 radical (unpaired) electrons. The number of hydrogen-bond donors (Lipinski definition) is 1. The van der Waals surface area contributed by atoms with E-state index in [-0.39, 0.29) is 12.2 Å². The van der Waals surface area contributed by atoms with Gasteiger partial charge >= 0.3 is 12.1 Å². The van der Waals surface area contributed by atoms with Gasteiger partial charge in [-0.05, 0) is 56.7 Å². The quantitative estimate of drug-likeness (QED) is 0.515. The Morgan fingerprint density at radius 2 is 1.90 bits per heavy atom. The zero-order valence-corrected chi connectivity index (χ0v) is 18.3. The zero-order valence-electron chi connectivity index (χ0n) is 18.3. The summed E-state index contributed by atoms with van der Waals surface area (Å²) in [6, 6.07) is 7.31. The second kappa shape index (κ2) is 12.4. The van der Waals surface area contributed by atoms with Crippen molar-refractivity contribution >= 4 is 12.1 Å². The molecule has 1 aliphatic rings. The van der Waals surface area contributed by atoms with Crippen LogP contribution in [0.3, 0.4) is 0 Å². The van der Waals surface area contributed by atoms with E-state index in [2.05, 4.69) is 0 Å². The first kappa shape index (κ1) is 24.0. The average Bonchev–Trinajstić information content (AvgIpc) is 2.69. The first-order chi connectivity index (χ1) is 14.4. The van der Waals surface area contributed by atoms with Crippen molar-refractivity contribution in [2.45, 2.75) is 65.1 Å². The molecule has 0 aromatic heterocycles. The predicted molar refractivity (Wildman–Crippen MR) is 114 cm³/mol. The summed E-state index contributed by atoms with van der Waals surface area (Å²) in [5, 5.41) is 9.20. The molecule has 0 bridgehead atoms. The van der Waals surface area contributed by atoms with Crippen molar-refractivity contribution < 1.29 is 28.9 Å². The molecule has 1 fully saturated rings. The number of amides is 1. The lowest BCUT2D eigenvalue weighted by molar-refractivity contribution is -0.149. The molecule has 1 N–H and O–H groups in total. The van der Waals surface area contributed by atoms with Crippen LogP contribution in [-0.2, 0) is 20.7 Å². The Kier molecular flexibility index (Phi) is 9.94. The summed E-state index contributed by atoms with van der Waals surface area (Å²) in [5.74, 6) is 0.273. The molecule has 30 heavy (non-hydrogen) atoms. The van der Waals surface area contributed by atoms with E-state index in [1.807, 2.05) is 38.1 Å². The van der Waals surface area contributed by atoms with Crippen molar-refractivity contribution in [3.8, 4) is 5.75 Å². The van der Waals surface area contributed by atoms with Gasteiger partial charge in [0.2, 0.25) is 0 Å². The Morgan fingerprint density at radius 3 is 2.43 bits per heavy atom. The Balaban J connectivity index is 1.84. The number of benzene rings is 1. The standard InChI is InChI=1S/C23H35NO6/c1-4-17(3)30-23(27)24(16-19-7-6-8-19)13-14-29-20-11-9-18(10-12-20)15-21(22(25)26)28-5-2/h9-12,17,19,21H,4-8,13-16H2,1-3H3,(H,25,26). The number of rotatable bonds is 13. The first-order valence-corrected chi connectivity index (χ1v) is 10.9. The highest BCUT2D eigenvalue weighted by molar-refractivity contribution is 5.72. The number of nitrogens with zero attached hydrogens (tertiary/aromatic N) is 1. The van der Waals surface area contributed by atoms with Crippen LogP contribution >= 0.6 is 0 Å². The van der Waals surface area contributed by atoms with Crippen LogP contribution in [0.1, 0.15) is 52.0 Å². The maximum Gasteiger partial charge on any atom is 0.410 e. The molecule has 1 aromatic rings. The van der Waals surface area contributed by atoms with Crippen LogP contribution in [0.4, 0.5) is 4.79 Å². The molecular formula is C23H35NO6. The number of carbonyl (C=O) groups excluding carboxylic acids is 1. The lowest BCUT2D eigenvalue weighted by atomic mass is 9.85. The number of ether oxygens (including phenoxy) is 3. The molecule has 2 unspecified atom stereocenters. The van der Waals surface area contributed by atoms with Crippen molar-refractivity contribution in [1.82, 2.24) is 4.90 Å². The van der Waals surface area contributed by atoms with Crippen molar-refractivity contribution in [1.29, 1.82) is 0 Å². The van der Waals surface area contributed by atoms with Gasteiger partial charge in [-0.25, -0.2) is 9.59 Å². The van der Waals surface area contributed by atoms with Gasteiger partial charge in [-0.1, -0.05) is 25.5 Å². The molecule has 0 heterocycles. The Morgan fingerprint density at radius 1 is 1.20 bits per heavy atom. The third-order valence-corrected chi connectivity index (χ3v) is 5.46. The number of carbonyl (C=O) groups is 2. The minimum absolute atomic E-state index is 0.0961. The Labute approximate surface area is 179 Å². The van der Waals surface area contributed by atoms with Gasteiger partial charge in [-0.3, -0.25) is 0 Å². The number of aliphatic carboxylic acids is 1. The fourth-order valence-electron chi connectivity index (χ4n) is 3.20. The van der Waals surface area contributed by atoms with Crippen molar-refractivity contribution in [2.75, 3.05) is 26.3 Å². The van der Waals surface area contributed by atoms with Crippen LogP contribution in [0.15, 0.2) is 24.3 Å². The van der Waals surface area contributed by atoms with Crippen LogP contribution in [0.2, 0.25) is 0 Å². The number of carboxylic acid groups (broad SMARTS) is 1. The molecule has 2 atom stereocenters. The fourth-order valence-corrected chi connectivity index (χ4v) is 3.20. The minimum Gasteiger partial charge on any atom is -0.492 e. The minimum atomic E-state index is -0.965. The van der Waals surface area contributed by atoms with Gasteiger partial charge in [0.1, 0.15) is 18.5 Å². The monoisotopic (exact) mass is 421 g/mol. The molecule has 0 saturated heterocycles. The van der Waals surface area contributed by atoms with Gasteiger partial charge in [0, 0.05) is 19.6 Å². The second-order valence-corrected chi connectivity index (χ2v) is 7.82. The van der Waals surface area contributed by atoms with Gasteiger partial charge in [-0.15, -0.1) is 0 Å².